The molecule has 0 aliphatic carbocycles. The van der Waals surface area contributed by atoms with E-state index in [4.69, 9.17) is 0 Å². The van der Waals surface area contributed by atoms with E-state index in [0.29, 0.717) is 6.42 Å². The number of allylic oxidation sites excluding steroid dienone is 1. The molecular formula is C14H19NO2. The van der Waals surface area contributed by atoms with Crippen LogP contribution in [0.4, 0.5) is 5.69 Å². The van der Waals surface area contributed by atoms with Crippen LogP contribution in [0.2, 0.25) is 0 Å². The fraction of sp³-hybridized carbons (Fsp3) is 0.429. The molecule has 1 aromatic rings. The highest BCUT2D eigenvalue weighted by Crippen LogP contribution is 2.28. The lowest BCUT2D eigenvalue weighted by Gasteiger charge is -2.09. The molecule has 0 aliphatic rings. The van der Waals surface area contributed by atoms with Crippen molar-refractivity contribution < 1.29 is 4.92 Å². The molecule has 0 saturated carbocycles. The summed E-state index contributed by atoms with van der Waals surface area (Å²) < 4.78 is 0. The van der Waals surface area contributed by atoms with Crippen molar-refractivity contribution in [3.63, 3.8) is 0 Å². The van der Waals surface area contributed by atoms with Crippen LogP contribution in [0.25, 0.3) is 0 Å². The van der Waals surface area contributed by atoms with Crippen LogP contribution in [-0.2, 0) is 12.8 Å². The van der Waals surface area contributed by atoms with Gasteiger partial charge in [0.25, 0.3) is 5.69 Å². The highest BCUT2D eigenvalue weighted by atomic mass is 16.6. The second-order valence-electron chi connectivity index (χ2n) is 4.43. The van der Waals surface area contributed by atoms with Crippen molar-refractivity contribution in [2.75, 3.05) is 0 Å². The van der Waals surface area contributed by atoms with Crippen molar-refractivity contribution in [3.05, 3.63) is 51.1 Å². The van der Waals surface area contributed by atoms with Gasteiger partial charge in [-0.3, -0.25) is 10.1 Å². The van der Waals surface area contributed by atoms with Crippen molar-refractivity contribution >= 4 is 5.69 Å². The zero-order chi connectivity index (χ0) is 13.0. The van der Waals surface area contributed by atoms with E-state index in [1.54, 1.807) is 0 Å². The molecule has 0 unspecified atom stereocenters. The Hall–Kier alpha value is -1.64. The number of nitro groups is 1. The molecular weight excluding hydrogens is 214 g/mol. The molecule has 0 N–H and O–H groups in total. The predicted octanol–water partition coefficient (Wildman–Crippen LogP) is 3.97. The summed E-state index contributed by atoms with van der Waals surface area (Å²) in [5.41, 5.74) is 4.00. The number of nitrogens with zero attached hydrogens (tertiary/aromatic N) is 1. The molecule has 0 atom stereocenters. The average Bonchev–Trinajstić information content (AvgIpc) is 2.25. The van der Waals surface area contributed by atoms with E-state index in [0.717, 1.165) is 35.1 Å². The predicted molar refractivity (Wildman–Crippen MR) is 70.3 cm³/mol. The first-order chi connectivity index (χ1) is 7.97. The Morgan fingerprint density at radius 2 is 2.00 bits per heavy atom. The van der Waals surface area contributed by atoms with Crippen molar-refractivity contribution in [2.45, 2.75) is 40.0 Å². The van der Waals surface area contributed by atoms with Gasteiger partial charge in [-0.15, -0.1) is 6.58 Å². The second-order valence-corrected chi connectivity index (χ2v) is 4.43. The topological polar surface area (TPSA) is 43.1 Å². The van der Waals surface area contributed by atoms with Crippen LogP contribution in [0, 0.1) is 17.0 Å². The molecule has 0 radical (unpaired) electrons. The van der Waals surface area contributed by atoms with Gasteiger partial charge in [0.1, 0.15) is 0 Å². The smallest absolute Gasteiger partial charge is 0.258 e. The van der Waals surface area contributed by atoms with E-state index in [2.05, 4.69) is 6.58 Å². The fourth-order valence-corrected chi connectivity index (χ4v) is 1.99. The quantitative estimate of drug-likeness (QED) is 0.438. The van der Waals surface area contributed by atoms with Crippen LogP contribution in [0.15, 0.2) is 24.3 Å². The van der Waals surface area contributed by atoms with Crippen LogP contribution in [-0.4, -0.2) is 4.92 Å². The molecule has 0 spiro atoms. The van der Waals surface area contributed by atoms with Gasteiger partial charge in [-0.05, 0) is 38.7 Å². The van der Waals surface area contributed by atoms with E-state index in [1.807, 2.05) is 32.9 Å². The molecule has 0 aromatic heterocycles. The minimum atomic E-state index is -0.262. The fourth-order valence-electron chi connectivity index (χ4n) is 1.99. The summed E-state index contributed by atoms with van der Waals surface area (Å²) in [6, 6.07) is 3.88. The third-order valence-electron chi connectivity index (χ3n) is 3.01. The number of rotatable bonds is 5. The van der Waals surface area contributed by atoms with Crippen molar-refractivity contribution in [3.8, 4) is 0 Å². The lowest BCUT2D eigenvalue weighted by atomic mass is 9.97. The zero-order valence-corrected chi connectivity index (χ0v) is 10.7. The number of hydrogen-bond donors (Lipinski definition) is 0. The first-order valence-corrected chi connectivity index (χ1v) is 5.87. The Bertz CT molecular complexity index is 450. The Morgan fingerprint density at radius 1 is 1.41 bits per heavy atom. The lowest BCUT2D eigenvalue weighted by Crippen LogP contribution is -2.01. The van der Waals surface area contributed by atoms with Crippen molar-refractivity contribution in [2.24, 2.45) is 0 Å². The van der Waals surface area contributed by atoms with Crippen LogP contribution in [0.5, 0.6) is 0 Å². The third-order valence-corrected chi connectivity index (χ3v) is 3.01. The SMILES string of the molecule is C=C(C)CCc1ccc(CC)c(C)c1[N+](=O)[O-]. The Morgan fingerprint density at radius 3 is 2.47 bits per heavy atom. The van der Waals surface area contributed by atoms with Gasteiger partial charge in [0, 0.05) is 11.1 Å². The molecule has 92 valence electrons. The number of nitro benzene ring substituents is 1. The van der Waals surface area contributed by atoms with E-state index < -0.39 is 0 Å². The van der Waals surface area contributed by atoms with Gasteiger partial charge >= 0.3 is 0 Å². The summed E-state index contributed by atoms with van der Waals surface area (Å²) in [5.74, 6) is 0. The summed E-state index contributed by atoms with van der Waals surface area (Å²) in [4.78, 5) is 10.9. The summed E-state index contributed by atoms with van der Waals surface area (Å²) in [7, 11) is 0. The first-order valence-electron chi connectivity index (χ1n) is 5.87. The summed E-state index contributed by atoms with van der Waals surface area (Å²) >= 11 is 0. The minimum Gasteiger partial charge on any atom is -0.258 e. The molecule has 0 bridgehead atoms. The van der Waals surface area contributed by atoms with Gasteiger partial charge in [0.15, 0.2) is 0 Å². The van der Waals surface area contributed by atoms with Gasteiger partial charge in [0.05, 0.1) is 4.92 Å². The molecule has 17 heavy (non-hydrogen) atoms. The first kappa shape index (κ1) is 13.4. The van der Waals surface area contributed by atoms with Crippen molar-refractivity contribution in [1.82, 2.24) is 0 Å². The van der Waals surface area contributed by atoms with Crippen molar-refractivity contribution in [1.29, 1.82) is 0 Å². The van der Waals surface area contributed by atoms with Crippen LogP contribution < -0.4 is 0 Å². The zero-order valence-electron chi connectivity index (χ0n) is 10.7. The molecule has 3 heteroatoms. The van der Waals surface area contributed by atoms with Crippen LogP contribution >= 0.6 is 0 Å². The van der Waals surface area contributed by atoms with E-state index >= 15 is 0 Å². The summed E-state index contributed by atoms with van der Waals surface area (Å²) in [6.45, 7) is 9.62. The van der Waals surface area contributed by atoms with E-state index in [1.165, 1.54) is 0 Å². The highest BCUT2D eigenvalue weighted by Gasteiger charge is 2.18. The number of aryl methyl sites for hydroxylation is 2. The van der Waals surface area contributed by atoms with Gasteiger partial charge in [-0.2, -0.15) is 0 Å². The maximum atomic E-state index is 11.1. The normalized spacial score (nSPS) is 10.3. The average molecular weight is 233 g/mol. The molecule has 3 nitrogen and oxygen atoms in total. The largest absolute Gasteiger partial charge is 0.275 e. The standard InChI is InChI=1S/C14H19NO2/c1-5-12-8-9-13(7-6-10(2)3)14(11(12)4)15(16)17/h8-9H,2,5-7H2,1,3-4H3. The van der Waals surface area contributed by atoms with E-state index in [-0.39, 0.29) is 10.6 Å². The van der Waals surface area contributed by atoms with Gasteiger partial charge in [-0.1, -0.05) is 24.6 Å². The Kier molecular flexibility index (Phi) is 4.44. The summed E-state index contributed by atoms with van der Waals surface area (Å²) in [6.07, 6.45) is 2.32. The maximum Gasteiger partial charge on any atom is 0.275 e. The lowest BCUT2D eigenvalue weighted by molar-refractivity contribution is -0.386. The molecule has 1 aromatic carbocycles. The van der Waals surface area contributed by atoms with Crippen LogP contribution in [0.3, 0.4) is 0 Å². The van der Waals surface area contributed by atoms with Crippen LogP contribution in [0.1, 0.15) is 37.0 Å². The number of hydrogen-bond acceptors (Lipinski definition) is 2. The maximum absolute atomic E-state index is 11.1. The van der Waals surface area contributed by atoms with Gasteiger partial charge in [0.2, 0.25) is 0 Å². The molecule has 1 rings (SSSR count). The van der Waals surface area contributed by atoms with E-state index in [9.17, 15) is 10.1 Å². The molecule has 0 saturated heterocycles. The molecule has 0 heterocycles. The third kappa shape index (κ3) is 3.16. The number of benzene rings is 1. The monoisotopic (exact) mass is 233 g/mol. The molecule has 0 fully saturated rings. The van der Waals surface area contributed by atoms with Gasteiger partial charge < -0.3 is 0 Å². The Balaban J connectivity index is 3.17. The second kappa shape index (κ2) is 5.62. The highest BCUT2D eigenvalue weighted by molar-refractivity contribution is 5.51. The van der Waals surface area contributed by atoms with Gasteiger partial charge in [-0.25, -0.2) is 0 Å². The molecule has 0 amide bonds. The minimum absolute atomic E-state index is 0.262. The summed E-state index contributed by atoms with van der Waals surface area (Å²) in [5, 5.41) is 11.1. The molecule has 0 aliphatic heterocycles. The Labute approximate surface area is 102 Å².